The first-order chi connectivity index (χ1) is 9.38. The van der Waals surface area contributed by atoms with Gasteiger partial charge in [0.1, 0.15) is 10.7 Å². The van der Waals surface area contributed by atoms with E-state index in [1.54, 1.807) is 18.3 Å². The molecule has 2 N–H and O–H groups in total. The van der Waals surface area contributed by atoms with Crippen LogP contribution in [0.2, 0.25) is 0 Å². The van der Waals surface area contributed by atoms with E-state index in [4.69, 9.17) is 5.73 Å². The van der Waals surface area contributed by atoms with E-state index < -0.39 is 9.84 Å². The summed E-state index contributed by atoms with van der Waals surface area (Å²) in [5.74, 6) is 0.451. The number of nitrogens with two attached hydrogens (primary N) is 1. The van der Waals surface area contributed by atoms with E-state index in [0.29, 0.717) is 18.1 Å². The number of aromatic nitrogens is 1. The molecule has 0 atom stereocenters. The zero-order valence-corrected chi connectivity index (χ0v) is 12.3. The topological polar surface area (TPSA) is 76.3 Å². The number of sulfone groups is 1. The van der Waals surface area contributed by atoms with Gasteiger partial charge in [0.2, 0.25) is 0 Å². The standard InChI is InChI=1S/C14H17N3O2S/c1-17(10-11-5-7-12(15)8-6-11)14-13(20(2,18)19)4-3-9-16-14/h3-9H,10,15H2,1-2H3. The molecule has 0 saturated carbocycles. The fourth-order valence-corrected chi connectivity index (χ4v) is 2.80. The molecule has 0 aliphatic carbocycles. The van der Waals surface area contributed by atoms with Crippen molar-refractivity contribution >= 4 is 21.3 Å². The van der Waals surface area contributed by atoms with E-state index in [0.717, 1.165) is 5.56 Å². The number of nitrogens with zero attached hydrogens (tertiary/aromatic N) is 2. The van der Waals surface area contributed by atoms with Gasteiger partial charge >= 0.3 is 0 Å². The van der Waals surface area contributed by atoms with Crippen LogP contribution in [0.15, 0.2) is 47.5 Å². The van der Waals surface area contributed by atoms with Gasteiger partial charge < -0.3 is 10.6 Å². The highest BCUT2D eigenvalue weighted by molar-refractivity contribution is 7.90. The number of hydrogen-bond acceptors (Lipinski definition) is 5. The van der Waals surface area contributed by atoms with Crippen molar-refractivity contribution in [3.8, 4) is 0 Å². The Morgan fingerprint density at radius 1 is 1.20 bits per heavy atom. The van der Waals surface area contributed by atoms with Crippen molar-refractivity contribution in [3.05, 3.63) is 48.2 Å². The smallest absolute Gasteiger partial charge is 0.179 e. The minimum absolute atomic E-state index is 0.234. The van der Waals surface area contributed by atoms with Crippen LogP contribution in [0.3, 0.4) is 0 Å². The zero-order chi connectivity index (χ0) is 14.8. The van der Waals surface area contributed by atoms with Crippen LogP contribution in [-0.2, 0) is 16.4 Å². The summed E-state index contributed by atoms with van der Waals surface area (Å²) < 4.78 is 23.5. The van der Waals surface area contributed by atoms with E-state index in [1.807, 2.05) is 36.2 Å². The molecule has 0 aliphatic heterocycles. The van der Waals surface area contributed by atoms with Gasteiger partial charge in [-0.1, -0.05) is 12.1 Å². The van der Waals surface area contributed by atoms with Gasteiger partial charge in [0, 0.05) is 31.7 Å². The molecule has 2 rings (SSSR count). The molecule has 1 heterocycles. The van der Waals surface area contributed by atoms with Crippen molar-refractivity contribution < 1.29 is 8.42 Å². The molecular formula is C14H17N3O2S. The summed E-state index contributed by atoms with van der Waals surface area (Å²) in [6.45, 7) is 0.555. The third-order valence-electron chi connectivity index (χ3n) is 2.91. The molecule has 106 valence electrons. The average molecular weight is 291 g/mol. The van der Waals surface area contributed by atoms with Crippen LogP contribution in [0.4, 0.5) is 11.5 Å². The first-order valence-electron chi connectivity index (χ1n) is 6.08. The monoisotopic (exact) mass is 291 g/mol. The van der Waals surface area contributed by atoms with E-state index in [2.05, 4.69) is 4.98 Å². The molecule has 0 aliphatic rings. The van der Waals surface area contributed by atoms with Crippen LogP contribution >= 0.6 is 0 Å². The van der Waals surface area contributed by atoms with Gasteiger partial charge in [0.25, 0.3) is 0 Å². The van der Waals surface area contributed by atoms with Crippen LogP contribution in [0.1, 0.15) is 5.56 Å². The van der Waals surface area contributed by atoms with Gasteiger partial charge in [-0.3, -0.25) is 0 Å². The highest BCUT2D eigenvalue weighted by Crippen LogP contribution is 2.22. The number of anilines is 2. The van der Waals surface area contributed by atoms with Crippen molar-refractivity contribution in [1.29, 1.82) is 0 Å². The predicted molar refractivity (Wildman–Crippen MR) is 80.3 cm³/mol. The average Bonchev–Trinajstić information content (AvgIpc) is 2.40. The molecule has 1 aromatic heterocycles. The van der Waals surface area contributed by atoms with Crippen molar-refractivity contribution in [1.82, 2.24) is 4.98 Å². The molecular weight excluding hydrogens is 274 g/mol. The van der Waals surface area contributed by atoms with Crippen molar-refractivity contribution in [2.45, 2.75) is 11.4 Å². The molecule has 0 saturated heterocycles. The van der Waals surface area contributed by atoms with Crippen LogP contribution in [0, 0.1) is 0 Å². The number of hydrogen-bond donors (Lipinski definition) is 1. The lowest BCUT2D eigenvalue weighted by Gasteiger charge is -2.20. The van der Waals surface area contributed by atoms with Crippen LogP contribution in [0.25, 0.3) is 0 Å². The fourth-order valence-electron chi connectivity index (χ4n) is 1.93. The summed E-state index contributed by atoms with van der Waals surface area (Å²) >= 11 is 0. The molecule has 1 aromatic carbocycles. The van der Waals surface area contributed by atoms with Gasteiger partial charge in [0.05, 0.1) is 0 Å². The number of nitrogen functional groups attached to an aromatic ring is 1. The summed E-state index contributed by atoms with van der Waals surface area (Å²) in [6.07, 6.45) is 2.77. The van der Waals surface area contributed by atoms with Gasteiger partial charge in [-0.15, -0.1) is 0 Å². The summed E-state index contributed by atoms with van der Waals surface area (Å²) in [7, 11) is -1.49. The normalized spacial score (nSPS) is 11.3. The van der Waals surface area contributed by atoms with Crippen molar-refractivity contribution in [3.63, 3.8) is 0 Å². The Bertz CT molecular complexity index is 697. The summed E-state index contributed by atoms with van der Waals surface area (Å²) in [5.41, 5.74) is 7.38. The quantitative estimate of drug-likeness (QED) is 0.868. The predicted octanol–water partition coefficient (Wildman–Crippen LogP) is 1.70. The molecule has 2 aromatic rings. The second-order valence-corrected chi connectivity index (χ2v) is 6.68. The molecule has 0 spiro atoms. The second-order valence-electron chi connectivity index (χ2n) is 4.69. The van der Waals surface area contributed by atoms with Crippen molar-refractivity contribution in [2.24, 2.45) is 0 Å². The van der Waals surface area contributed by atoms with Crippen LogP contribution in [-0.4, -0.2) is 26.7 Å². The molecule has 0 bridgehead atoms. The Labute approximate surface area is 119 Å². The lowest BCUT2D eigenvalue weighted by molar-refractivity contribution is 0.601. The number of rotatable bonds is 4. The Morgan fingerprint density at radius 2 is 1.85 bits per heavy atom. The van der Waals surface area contributed by atoms with Crippen molar-refractivity contribution in [2.75, 3.05) is 23.9 Å². The maximum Gasteiger partial charge on any atom is 0.179 e. The highest BCUT2D eigenvalue weighted by atomic mass is 32.2. The lowest BCUT2D eigenvalue weighted by atomic mass is 10.2. The third-order valence-corrected chi connectivity index (χ3v) is 4.03. The fraction of sp³-hybridized carbons (Fsp3) is 0.214. The van der Waals surface area contributed by atoms with Crippen LogP contribution in [0.5, 0.6) is 0 Å². The first-order valence-corrected chi connectivity index (χ1v) is 7.97. The minimum Gasteiger partial charge on any atom is -0.399 e. The van der Waals surface area contributed by atoms with E-state index >= 15 is 0 Å². The third kappa shape index (κ3) is 3.27. The molecule has 0 fully saturated rings. The Balaban J connectivity index is 2.30. The van der Waals surface area contributed by atoms with Gasteiger partial charge in [-0.2, -0.15) is 0 Å². The largest absolute Gasteiger partial charge is 0.399 e. The lowest BCUT2D eigenvalue weighted by Crippen LogP contribution is -2.20. The molecule has 0 unspecified atom stereocenters. The van der Waals surface area contributed by atoms with Gasteiger partial charge in [-0.05, 0) is 29.8 Å². The van der Waals surface area contributed by atoms with Gasteiger partial charge in [-0.25, -0.2) is 13.4 Å². The Hall–Kier alpha value is -2.08. The summed E-state index contributed by atoms with van der Waals surface area (Å²) in [6, 6.07) is 10.6. The summed E-state index contributed by atoms with van der Waals surface area (Å²) in [4.78, 5) is 6.22. The molecule has 0 amide bonds. The maximum absolute atomic E-state index is 11.8. The minimum atomic E-state index is -3.30. The Kier molecular flexibility index (Phi) is 3.94. The molecule has 6 heteroatoms. The van der Waals surface area contributed by atoms with E-state index in [-0.39, 0.29) is 4.90 Å². The SMILES string of the molecule is CN(Cc1ccc(N)cc1)c1ncccc1S(C)(=O)=O. The zero-order valence-electron chi connectivity index (χ0n) is 11.4. The molecule has 5 nitrogen and oxygen atoms in total. The number of pyridine rings is 1. The molecule has 0 radical (unpaired) electrons. The number of benzene rings is 1. The first kappa shape index (κ1) is 14.3. The Morgan fingerprint density at radius 3 is 2.45 bits per heavy atom. The second kappa shape index (κ2) is 5.50. The highest BCUT2D eigenvalue weighted by Gasteiger charge is 2.17. The van der Waals surface area contributed by atoms with Crippen LogP contribution < -0.4 is 10.6 Å². The summed E-state index contributed by atoms with van der Waals surface area (Å²) in [5, 5.41) is 0. The van der Waals surface area contributed by atoms with E-state index in [9.17, 15) is 8.42 Å². The van der Waals surface area contributed by atoms with E-state index in [1.165, 1.54) is 6.26 Å². The van der Waals surface area contributed by atoms with Gasteiger partial charge in [0.15, 0.2) is 9.84 Å². The molecule has 20 heavy (non-hydrogen) atoms. The maximum atomic E-state index is 11.8.